The first-order chi connectivity index (χ1) is 9.52. The molecule has 2 aromatic carbocycles. The van der Waals surface area contributed by atoms with Crippen molar-refractivity contribution in [3.63, 3.8) is 0 Å². The Morgan fingerprint density at radius 3 is 1.85 bits per heavy atom. The third-order valence-electron chi connectivity index (χ3n) is 2.66. The molecule has 2 rings (SSSR count). The number of halogens is 4. The third kappa shape index (κ3) is 2.91. The van der Waals surface area contributed by atoms with Gasteiger partial charge < -0.3 is 9.84 Å². The van der Waals surface area contributed by atoms with Gasteiger partial charge in [0.2, 0.25) is 11.6 Å². The first-order valence-corrected chi connectivity index (χ1v) is 5.67. The van der Waals surface area contributed by atoms with E-state index in [9.17, 15) is 17.6 Å². The molecule has 0 unspecified atom stereocenters. The molecular formula is C14H10F4O2. The second kappa shape index (κ2) is 5.92. The number of aliphatic hydroxyl groups is 1. The molecule has 0 bridgehead atoms. The van der Waals surface area contributed by atoms with Gasteiger partial charge in [-0.15, -0.1) is 0 Å². The molecule has 0 fully saturated rings. The molecular weight excluding hydrogens is 276 g/mol. The van der Waals surface area contributed by atoms with Crippen molar-refractivity contribution >= 4 is 0 Å². The maximum absolute atomic E-state index is 13.3. The Morgan fingerprint density at radius 1 is 0.850 bits per heavy atom. The van der Waals surface area contributed by atoms with Crippen LogP contribution in [0.2, 0.25) is 0 Å². The Morgan fingerprint density at radius 2 is 1.35 bits per heavy atom. The number of benzene rings is 2. The van der Waals surface area contributed by atoms with E-state index in [4.69, 9.17) is 9.84 Å². The van der Waals surface area contributed by atoms with Crippen molar-refractivity contribution in [1.82, 2.24) is 0 Å². The van der Waals surface area contributed by atoms with E-state index in [0.29, 0.717) is 11.1 Å². The summed E-state index contributed by atoms with van der Waals surface area (Å²) >= 11 is 0. The molecule has 0 aliphatic heterocycles. The summed E-state index contributed by atoms with van der Waals surface area (Å²) in [6.07, 6.45) is 0. The molecule has 0 spiro atoms. The van der Waals surface area contributed by atoms with Crippen molar-refractivity contribution in [2.75, 3.05) is 0 Å². The molecule has 0 saturated carbocycles. The summed E-state index contributed by atoms with van der Waals surface area (Å²) in [6.45, 7) is -0.401. The highest BCUT2D eigenvalue weighted by Gasteiger charge is 2.20. The molecule has 106 valence electrons. The van der Waals surface area contributed by atoms with Crippen LogP contribution in [0.5, 0.6) is 5.75 Å². The van der Waals surface area contributed by atoms with E-state index in [-0.39, 0.29) is 19.3 Å². The number of rotatable bonds is 4. The van der Waals surface area contributed by atoms with E-state index >= 15 is 0 Å². The van der Waals surface area contributed by atoms with Gasteiger partial charge in [-0.25, -0.2) is 8.78 Å². The van der Waals surface area contributed by atoms with Gasteiger partial charge in [0.25, 0.3) is 0 Å². The van der Waals surface area contributed by atoms with Crippen LogP contribution in [0.15, 0.2) is 30.3 Å². The van der Waals surface area contributed by atoms with Gasteiger partial charge in [-0.3, -0.25) is 0 Å². The fraction of sp³-hybridized carbons (Fsp3) is 0.143. The molecule has 0 saturated heterocycles. The highest BCUT2D eigenvalue weighted by atomic mass is 19.2. The lowest BCUT2D eigenvalue weighted by atomic mass is 10.1. The van der Waals surface area contributed by atoms with Crippen molar-refractivity contribution in [2.24, 2.45) is 0 Å². The summed E-state index contributed by atoms with van der Waals surface area (Å²) in [5.41, 5.74) is 1.19. The van der Waals surface area contributed by atoms with Crippen LogP contribution in [-0.2, 0) is 13.2 Å². The molecule has 6 heteroatoms. The summed E-state index contributed by atoms with van der Waals surface area (Å²) in [6, 6.07) is 6.44. The SMILES string of the molecule is OCc1ccc(COc2c(F)c(F)cc(F)c2F)cc1. The zero-order valence-corrected chi connectivity index (χ0v) is 10.2. The van der Waals surface area contributed by atoms with Gasteiger partial charge in [0.05, 0.1) is 6.61 Å². The minimum atomic E-state index is -1.57. The lowest BCUT2D eigenvalue weighted by Crippen LogP contribution is -2.04. The van der Waals surface area contributed by atoms with Crippen LogP contribution in [0, 0.1) is 23.3 Å². The molecule has 0 heterocycles. The number of hydrogen-bond acceptors (Lipinski definition) is 2. The summed E-state index contributed by atoms with van der Waals surface area (Å²) in [5, 5.41) is 8.86. The van der Waals surface area contributed by atoms with E-state index in [0.717, 1.165) is 0 Å². The Kier molecular flexibility index (Phi) is 4.24. The van der Waals surface area contributed by atoms with Crippen LogP contribution in [-0.4, -0.2) is 5.11 Å². The van der Waals surface area contributed by atoms with Gasteiger partial charge in [-0.2, -0.15) is 8.78 Å². The van der Waals surface area contributed by atoms with Gasteiger partial charge in [-0.1, -0.05) is 24.3 Å². The Balaban J connectivity index is 2.18. The summed E-state index contributed by atoms with van der Waals surface area (Å²) in [5.74, 6) is -7.27. The van der Waals surface area contributed by atoms with E-state index in [1.807, 2.05) is 0 Å². The van der Waals surface area contributed by atoms with Gasteiger partial charge in [0.1, 0.15) is 6.61 Å². The second-order valence-electron chi connectivity index (χ2n) is 4.06. The van der Waals surface area contributed by atoms with Crippen LogP contribution in [0.1, 0.15) is 11.1 Å². The summed E-state index contributed by atoms with van der Waals surface area (Å²) in [4.78, 5) is 0. The second-order valence-corrected chi connectivity index (χ2v) is 4.06. The molecule has 0 radical (unpaired) electrons. The molecule has 0 atom stereocenters. The molecule has 2 aromatic rings. The first kappa shape index (κ1) is 14.3. The van der Waals surface area contributed by atoms with Crippen molar-refractivity contribution in [3.8, 4) is 5.75 Å². The molecule has 0 aliphatic carbocycles. The van der Waals surface area contributed by atoms with E-state index in [1.54, 1.807) is 24.3 Å². The normalized spacial score (nSPS) is 10.7. The fourth-order valence-corrected chi connectivity index (χ4v) is 1.57. The van der Waals surface area contributed by atoms with Crippen LogP contribution in [0.3, 0.4) is 0 Å². The lowest BCUT2D eigenvalue weighted by Gasteiger charge is -2.09. The predicted molar refractivity (Wildman–Crippen MR) is 63.0 cm³/mol. The Labute approximate surface area is 112 Å². The maximum atomic E-state index is 13.3. The average Bonchev–Trinajstić information content (AvgIpc) is 2.46. The molecule has 2 nitrogen and oxygen atoms in total. The summed E-state index contributed by atoms with van der Waals surface area (Å²) < 4.78 is 57.4. The zero-order chi connectivity index (χ0) is 14.7. The Hall–Kier alpha value is -2.08. The maximum Gasteiger partial charge on any atom is 0.203 e. The number of aliphatic hydroxyl groups excluding tert-OH is 1. The monoisotopic (exact) mass is 286 g/mol. The summed E-state index contributed by atoms with van der Waals surface area (Å²) in [7, 11) is 0. The molecule has 0 aromatic heterocycles. The first-order valence-electron chi connectivity index (χ1n) is 5.67. The fourth-order valence-electron chi connectivity index (χ4n) is 1.57. The van der Waals surface area contributed by atoms with Crippen LogP contribution < -0.4 is 4.74 Å². The molecule has 0 amide bonds. The number of ether oxygens (including phenoxy) is 1. The molecule has 1 N–H and O–H groups in total. The largest absolute Gasteiger partial charge is 0.483 e. The van der Waals surface area contributed by atoms with Crippen LogP contribution in [0.25, 0.3) is 0 Å². The van der Waals surface area contributed by atoms with Crippen molar-refractivity contribution in [2.45, 2.75) is 13.2 Å². The van der Waals surface area contributed by atoms with E-state index in [1.165, 1.54) is 0 Å². The highest BCUT2D eigenvalue weighted by Crippen LogP contribution is 2.27. The topological polar surface area (TPSA) is 29.5 Å². The predicted octanol–water partition coefficient (Wildman–Crippen LogP) is 3.31. The highest BCUT2D eigenvalue weighted by molar-refractivity contribution is 5.29. The average molecular weight is 286 g/mol. The minimum Gasteiger partial charge on any atom is -0.483 e. The molecule has 20 heavy (non-hydrogen) atoms. The van der Waals surface area contributed by atoms with Crippen molar-refractivity contribution in [1.29, 1.82) is 0 Å². The zero-order valence-electron chi connectivity index (χ0n) is 10.2. The minimum absolute atomic E-state index is 0.119. The van der Waals surface area contributed by atoms with Crippen molar-refractivity contribution in [3.05, 3.63) is 64.7 Å². The van der Waals surface area contributed by atoms with E-state index < -0.39 is 29.0 Å². The van der Waals surface area contributed by atoms with Gasteiger partial charge in [-0.05, 0) is 11.1 Å². The molecule has 0 aliphatic rings. The van der Waals surface area contributed by atoms with E-state index in [2.05, 4.69) is 0 Å². The quantitative estimate of drug-likeness (QED) is 0.690. The van der Waals surface area contributed by atoms with Gasteiger partial charge in [0, 0.05) is 6.07 Å². The van der Waals surface area contributed by atoms with Crippen molar-refractivity contribution < 1.29 is 27.4 Å². The lowest BCUT2D eigenvalue weighted by molar-refractivity contribution is 0.261. The smallest absolute Gasteiger partial charge is 0.203 e. The third-order valence-corrected chi connectivity index (χ3v) is 2.66. The van der Waals surface area contributed by atoms with Gasteiger partial charge in [0.15, 0.2) is 17.4 Å². The van der Waals surface area contributed by atoms with Gasteiger partial charge >= 0.3 is 0 Å². The number of hydrogen-bond donors (Lipinski definition) is 1. The van der Waals surface area contributed by atoms with Crippen LogP contribution in [0.4, 0.5) is 17.6 Å². The standard InChI is InChI=1S/C14H10F4O2/c15-10-5-11(16)13(18)14(12(10)17)20-7-9-3-1-8(6-19)2-4-9/h1-5,19H,6-7H2. The Bertz CT molecular complexity index is 585. The van der Waals surface area contributed by atoms with Crippen LogP contribution >= 0.6 is 0 Å².